The maximum Gasteiger partial charge on any atom is 0.496 e. The molecule has 1 saturated carbocycles. The summed E-state index contributed by atoms with van der Waals surface area (Å²) in [4.78, 5) is 4.54. The summed E-state index contributed by atoms with van der Waals surface area (Å²) in [6.07, 6.45) is 5.86. The zero-order valence-corrected chi connectivity index (χ0v) is 13.2. The Morgan fingerprint density at radius 1 is 1.20 bits per heavy atom. The van der Waals surface area contributed by atoms with E-state index in [0.717, 1.165) is 23.5 Å². The molecule has 0 atom stereocenters. The largest absolute Gasteiger partial charge is 0.496 e. The van der Waals surface area contributed by atoms with Crippen LogP contribution in [0.1, 0.15) is 51.8 Å². The highest BCUT2D eigenvalue weighted by Crippen LogP contribution is 2.37. The number of nitrogens with zero attached hydrogens (tertiary/aromatic N) is 1. The summed E-state index contributed by atoms with van der Waals surface area (Å²) in [5.41, 5.74) is 2.81. The molecular weight excluding hydrogens is 249 g/mol. The summed E-state index contributed by atoms with van der Waals surface area (Å²) in [5, 5.41) is 0. The van der Waals surface area contributed by atoms with Crippen LogP contribution < -0.4 is 5.46 Å². The van der Waals surface area contributed by atoms with Crippen molar-refractivity contribution in [2.45, 2.75) is 65.1 Å². The van der Waals surface area contributed by atoms with E-state index in [0.29, 0.717) is 0 Å². The Morgan fingerprint density at radius 3 is 2.35 bits per heavy atom. The molecular formula is C16H24BNO2. The fourth-order valence-corrected chi connectivity index (χ4v) is 2.57. The molecule has 3 nitrogen and oxygen atoms in total. The number of aromatic nitrogens is 1. The molecule has 2 fully saturated rings. The van der Waals surface area contributed by atoms with E-state index in [2.05, 4.69) is 38.7 Å². The van der Waals surface area contributed by atoms with Crippen molar-refractivity contribution in [3.05, 3.63) is 23.5 Å². The number of aryl methyl sites for hydroxylation is 1. The molecule has 0 N–H and O–H groups in total. The van der Waals surface area contributed by atoms with Crippen molar-refractivity contribution >= 4 is 12.6 Å². The Kier molecular flexibility index (Phi) is 3.22. The van der Waals surface area contributed by atoms with E-state index in [9.17, 15) is 0 Å². The average Bonchev–Trinajstić information content (AvgIpc) is 3.10. The molecule has 108 valence electrons. The predicted octanol–water partition coefficient (Wildman–Crippen LogP) is 2.64. The van der Waals surface area contributed by atoms with Crippen LogP contribution in [0.2, 0.25) is 0 Å². The van der Waals surface area contributed by atoms with E-state index in [4.69, 9.17) is 9.31 Å². The van der Waals surface area contributed by atoms with Gasteiger partial charge in [-0.15, -0.1) is 0 Å². The molecule has 0 unspecified atom stereocenters. The molecule has 1 aliphatic carbocycles. The Morgan fingerprint density at radius 2 is 1.80 bits per heavy atom. The fraction of sp³-hybridized carbons (Fsp3) is 0.688. The van der Waals surface area contributed by atoms with Crippen LogP contribution in [0, 0.1) is 12.8 Å². The fourth-order valence-electron chi connectivity index (χ4n) is 2.57. The summed E-state index contributed by atoms with van der Waals surface area (Å²) in [6, 6.07) is 2.22. The second kappa shape index (κ2) is 4.57. The number of rotatable bonds is 3. The van der Waals surface area contributed by atoms with Crippen molar-refractivity contribution in [2.24, 2.45) is 5.92 Å². The van der Waals surface area contributed by atoms with Gasteiger partial charge < -0.3 is 9.31 Å². The minimum Gasteiger partial charge on any atom is -0.399 e. The van der Waals surface area contributed by atoms with Crippen molar-refractivity contribution in [3.63, 3.8) is 0 Å². The van der Waals surface area contributed by atoms with Gasteiger partial charge in [-0.2, -0.15) is 0 Å². The Labute approximate surface area is 122 Å². The number of hydrogen-bond donors (Lipinski definition) is 0. The zero-order chi connectivity index (χ0) is 14.5. The summed E-state index contributed by atoms with van der Waals surface area (Å²) in [6.45, 7) is 10.4. The highest BCUT2D eigenvalue weighted by Gasteiger charge is 2.52. The molecule has 20 heavy (non-hydrogen) atoms. The molecule has 2 aliphatic rings. The van der Waals surface area contributed by atoms with Crippen molar-refractivity contribution in [2.75, 3.05) is 0 Å². The molecule has 1 aromatic heterocycles. The van der Waals surface area contributed by atoms with Gasteiger partial charge >= 0.3 is 7.12 Å². The van der Waals surface area contributed by atoms with Crippen LogP contribution in [-0.4, -0.2) is 23.3 Å². The first-order valence-corrected chi connectivity index (χ1v) is 7.59. The standard InChI is InChI=1S/C16H24BNO2/c1-11-14(9-13(10-18-11)8-12-6-7-12)17-19-15(2,3)16(4,5)20-17/h9-10,12H,6-8H2,1-5H3. The molecule has 1 saturated heterocycles. The lowest BCUT2D eigenvalue weighted by Crippen LogP contribution is -2.41. The molecule has 1 aromatic rings. The summed E-state index contributed by atoms with van der Waals surface area (Å²) >= 11 is 0. The summed E-state index contributed by atoms with van der Waals surface area (Å²) in [7, 11) is -0.299. The quantitative estimate of drug-likeness (QED) is 0.793. The molecule has 0 amide bonds. The Hall–Kier alpha value is -0.865. The number of hydrogen-bond acceptors (Lipinski definition) is 3. The van der Waals surface area contributed by atoms with Gasteiger partial charge in [0.15, 0.2) is 0 Å². The second-order valence-corrected chi connectivity index (χ2v) is 7.25. The maximum atomic E-state index is 6.14. The van der Waals surface area contributed by atoms with Crippen LogP contribution in [0.5, 0.6) is 0 Å². The highest BCUT2D eigenvalue weighted by molar-refractivity contribution is 6.62. The number of pyridine rings is 1. The first kappa shape index (κ1) is 14.1. The van der Waals surface area contributed by atoms with Gasteiger partial charge in [0, 0.05) is 17.4 Å². The van der Waals surface area contributed by atoms with Crippen LogP contribution in [0.4, 0.5) is 0 Å². The molecule has 1 aliphatic heterocycles. The molecule has 0 spiro atoms. The third-order valence-electron chi connectivity index (χ3n) is 4.91. The Bertz CT molecular complexity index is 507. The summed E-state index contributed by atoms with van der Waals surface area (Å²) < 4.78 is 12.3. The SMILES string of the molecule is Cc1ncc(CC2CC2)cc1B1OC(C)(C)C(C)(C)O1. The lowest BCUT2D eigenvalue weighted by Gasteiger charge is -2.32. The van der Waals surface area contributed by atoms with Crippen LogP contribution in [0.15, 0.2) is 12.3 Å². The summed E-state index contributed by atoms with van der Waals surface area (Å²) in [5.74, 6) is 0.866. The van der Waals surface area contributed by atoms with E-state index >= 15 is 0 Å². The van der Waals surface area contributed by atoms with E-state index in [1.807, 2.05) is 13.1 Å². The third-order valence-corrected chi connectivity index (χ3v) is 4.91. The van der Waals surface area contributed by atoms with E-state index in [-0.39, 0.29) is 18.3 Å². The molecule has 0 radical (unpaired) electrons. The lowest BCUT2D eigenvalue weighted by atomic mass is 9.77. The van der Waals surface area contributed by atoms with E-state index in [1.54, 1.807) is 0 Å². The van der Waals surface area contributed by atoms with Crippen molar-refractivity contribution in [1.29, 1.82) is 0 Å². The first-order valence-electron chi connectivity index (χ1n) is 7.59. The van der Waals surface area contributed by atoms with E-state index in [1.165, 1.54) is 18.4 Å². The van der Waals surface area contributed by atoms with Crippen LogP contribution >= 0.6 is 0 Å². The van der Waals surface area contributed by atoms with Crippen LogP contribution in [-0.2, 0) is 15.7 Å². The van der Waals surface area contributed by atoms with Gasteiger partial charge in [0.05, 0.1) is 11.2 Å². The molecule has 0 aromatic carbocycles. The molecule has 4 heteroatoms. The minimum absolute atomic E-state index is 0.295. The van der Waals surface area contributed by atoms with Gasteiger partial charge in [0.25, 0.3) is 0 Å². The van der Waals surface area contributed by atoms with Gasteiger partial charge in [0.2, 0.25) is 0 Å². The second-order valence-electron chi connectivity index (χ2n) is 7.25. The maximum absolute atomic E-state index is 6.14. The van der Waals surface area contributed by atoms with Gasteiger partial charge in [-0.05, 0) is 65.4 Å². The molecule has 3 rings (SSSR count). The predicted molar refractivity (Wildman–Crippen MR) is 81.1 cm³/mol. The van der Waals surface area contributed by atoms with E-state index < -0.39 is 0 Å². The minimum atomic E-state index is -0.299. The smallest absolute Gasteiger partial charge is 0.399 e. The van der Waals surface area contributed by atoms with Gasteiger partial charge in [-0.1, -0.05) is 6.07 Å². The van der Waals surface area contributed by atoms with Crippen molar-refractivity contribution in [3.8, 4) is 0 Å². The van der Waals surface area contributed by atoms with Crippen LogP contribution in [0.25, 0.3) is 0 Å². The molecule has 2 heterocycles. The average molecular weight is 273 g/mol. The first-order chi connectivity index (χ1) is 9.28. The third kappa shape index (κ3) is 2.51. The van der Waals surface area contributed by atoms with Gasteiger partial charge in [0.1, 0.15) is 0 Å². The Balaban J connectivity index is 1.86. The lowest BCUT2D eigenvalue weighted by molar-refractivity contribution is 0.00578. The molecule has 0 bridgehead atoms. The van der Waals surface area contributed by atoms with Crippen molar-refractivity contribution in [1.82, 2.24) is 4.98 Å². The van der Waals surface area contributed by atoms with Crippen LogP contribution in [0.3, 0.4) is 0 Å². The van der Waals surface area contributed by atoms with Crippen molar-refractivity contribution < 1.29 is 9.31 Å². The monoisotopic (exact) mass is 273 g/mol. The van der Waals surface area contributed by atoms with Gasteiger partial charge in [-0.25, -0.2) is 0 Å². The topological polar surface area (TPSA) is 31.4 Å². The normalized spacial score (nSPS) is 24.1. The zero-order valence-electron chi connectivity index (χ0n) is 13.2. The van der Waals surface area contributed by atoms with Gasteiger partial charge in [-0.3, -0.25) is 4.98 Å². The highest BCUT2D eigenvalue weighted by atomic mass is 16.7.